The molecule has 1 aliphatic heterocycles. The highest BCUT2D eigenvalue weighted by molar-refractivity contribution is 6.80. The van der Waals surface area contributed by atoms with Crippen LogP contribution in [0.15, 0.2) is 30.3 Å². The summed E-state index contributed by atoms with van der Waals surface area (Å²) in [7, 11) is -2.42. The van der Waals surface area contributed by atoms with Gasteiger partial charge in [-0.15, -0.1) is 0 Å². The molecular formula is C16H26O3Si. The zero-order valence-corrected chi connectivity index (χ0v) is 14.2. The van der Waals surface area contributed by atoms with Crippen molar-refractivity contribution in [3.63, 3.8) is 0 Å². The molecule has 2 rings (SSSR count). The topological polar surface area (TPSA) is 27.7 Å². The van der Waals surface area contributed by atoms with E-state index in [1.165, 1.54) is 5.19 Å². The summed E-state index contributed by atoms with van der Waals surface area (Å²) < 4.78 is 18.1. The van der Waals surface area contributed by atoms with Gasteiger partial charge in [-0.3, -0.25) is 0 Å². The smallest absolute Gasteiger partial charge is 0.369 e. The quantitative estimate of drug-likeness (QED) is 0.755. The maximum atomic E-state index is 6.56. The van der Waals surface area contributed by atoms with Crippen LogP contribution in [-0.2, 0) is 13.6 Å². The van der Waals surface area contributed by atoms with Crippen molar-refractivity contribution >= 4 is 13.7 Å². The van der Waals surface area contributed by atoms with Gasteiger partial charge in [-0.25, -0.2) is 0 Å². The molecule has 1 fully saturated rings. The van der Waals surface area contributed by atoms with Gasteiger partial charge in [-0.2, -0.15) is 0 Å². The van der Waals surface area contributed by atoms with E-state index in [0.717, 1.165) is 13.2 Å². The second-order valence-electron chi connectivity index (χ2n) is 6.42. The van der Waals surface area contributed by atoms with Crippen molar-refractivity contribution < 1.29 is 13.6 Å². The van der Waals surface area contributed by atoms with Gasteiger partial charge < -0.3 is 13.6 Å². The van der Waals surface area contributed by atoms with E-state index in [9.17, 15) is 0 Å². The van der Waals surface area contributed by atoms with Crippen molar-refractivity contribution in [3.8, 4) is 0 Å². The molecule has 0 N–H and O–H groups in total. The molecule has 0 radical (unpaired) electrons. The molecular weight excluding hydrogens is 268 g/mol. The number of rotatable bonds is 6. The summed E-state index contributed by atoms with van der Waals surface area (Å²) >= 11 is 0. The third-order valence-electron chi connectivity index (χ3n) is 3.84. The van der Waals surface area contributed by atoms with E-state index in [1.54, 1.807) is 0 Å². The lowest BCUT2D eigenvalue weighted by molar-refractivity contribution is -0.128. The molecule has 1 saturated heterocycles. The molecule has 0 aromatic heterocycles. The van der Waals surface area contributed by atoms with Crippen LogP contribution in [0.1, 0.15) is 27.7 Å². The molecule has 0 aliphatic carbocycles. The standard InChI is InChI=1S/C16H26O3Si/c1-13(2)18-20(5,15-9-7-6-8-10-15)19-16(3,4)14-11-17-12-14/h6-10,13-14H,11-12H2,1-5H3. The minimum atomic E-state index is -2.42. The van der Waals surface area contributed by atoms with E-state index >= 15 is 0 Å². The minimum Gasteiger partial charge on any atom is -0.389 e. The highest BCUT2D eigenvalue weighted by Crippen LogP contribution is 2.31. The Bertz CT molecular complexity index is 429. The minimum absolute atomic E-state index is 0.153. The largest absolute Gasteiger partial charge is 0.389 e. The van der Waals surface area contributed by atoms with E-state index in [-0.39, 0.29) is 11.7 Å². The van der Waals surface area contributed by atoms with Crippen LogP contribution >= 0.6 is 0 Å². The average molecular weight is 294 g/mol. The van der Waals surface area contributed by atoms with Crippen LogP contribution in [0, 0.1) is 5.92 Å². The van der Waals surface area contributed by atoms with Gasteiger partial charge in [0, 0.05) is 12.0 Å². The first-order valence-corrected chi connectivity index (χ1v) is 9.66. The van der Waals surface area contributed by atoms with Crippen LogP contribution in [0.3, 0.4) is 0 Å². The van der Waals surface area contributed by atoms with Crippen molar-refractivity contribution in [3.05, 3.63) is 30.3 Å². The molecule has 0 bridgehead atoms. The van der Waals surface area contributed by atoms with Gasteiger partial charge in [-0.1, -0.05) is 30.3 Å². The zero-order chi connectivity index (χ0) is 14.8. The van der Waals surface area contributed by atoms with Crippen molar-refractivity contribution in [2.24, 2.45) is 5.92 Å². The monoisotopic (exact) mass is 294 g/mol. The van der Waals surface area contributed by atoms with Crippen LogP contribution in [0.4, 0.5) is 0 Å². The Balaban J connectivity index is 2.23. The van der Waals surface area contributed by atoms with Crippen LogP contribution in [0.5, 0.6) is 0 Å². The number of ether oxygens (including phenoxy) is 1. The Hall–Kier alpha value is -0.683. The molecule has 4 heteroatoms. The third kappa shape index (κ3) is 3.50. The predicted octanol–water partition coefficient (Wildman–Crippen LogP) is 2.83. The molecule has 1 aromatic carbocycles. The summed E-state index contributed by atoms with van der Waals surface area (Å²) in [6.45, 7) is 12.1. The van der Waals surface area contributed by atoms with Crippen LogP contribution in [0.25, 0.3) is 0 Å². The molecule has 20 heavy (non-hydrogen) atoms. The van der Waals surface area contributed by atoms with Gasteiger partial charge in [0.25, 0.3) is 0 Å². The Labute approximate surface area is 123 Å². The highest BCUT2D eigenvalue weighted by atomic mass is 28.4. The van der Waals surface area contributed by atoms with Gasteiger partial charge in [0.05, 0.1) is 18.8 Å². The van der Waals surface area contributed by atoms with Crippen LogP contribution in [0.2, 0.25) is 6.55 Å². The van der Waals surface area contributed by atoms with Crippen LogP contribution < -0.4 is 5.19 Å². The predicted molar refractivity (Wildman–Crippen MR) is 83.4 cm³/mol. The van der Waals surface area contributed by atoms with Gasteiger partial charge in [-0.05, 0) is 39.4 Å². The second-order valence-corrected chi connectivity index (χ2v) is 9.33. The van der Waals surface area contributed by atoms with Crippen LogP contribution in [-0.4, -0.2) is 33.5 Å². The van der Waals surface area contributed by atoms with E-state index in [1.807, 2.05) is 18.2 Å². The summed E-state index contributed by atoms with van der Waals surface area (Å²) in [4.78, 5) is 0. The molecule has 1 aliphatic rings. The Morgan fingerprint density at radius 2 is 1.80 bits per heavy atom. The first kappa shape index (κ1) is 15.7. The summed E-state index contributed by atoms with van der Waals surface area (Å²) in [6.07, 6.45) is 0.153. The zero-order valence-electron chi connectivity index (χ0n) is 13.2. The number of benzene rings is 1. The molecule has 0 saturated carbocycles. The maximum absolute atomic E-state index is 6.56. The Morgan fingerprint density at radius 3 is 2.25 bits per heavy atom. The maximum Gasteiger partial charge on any atom is 0.369 e. The molecule has 1 aromatic rings. The van der Waals surface area contributed by atoms with Gasteiger partial charge >= 0.3 is 8.56 Å². The normalized spacial score (nSPS) is 19.7. The number of hydrogen-bond acceptors (Lipinski definition) is 3. The SMILES string of the molecule is CC(C)O[Si](C)(OC(C)(C)C1COC1)c1ccccc1. The summed E-state index contributed by atoms with van der Waals surface area (Å²) in [5.74, 6) is 0.453. The van der Waals surface area contributed by atoms with Crippen molar-refractivity contribution in [1.82, 2.24) is 0 Å². The highest BCUT2D eigenvalue weighted by Gasteiger charge is 2.45. The fraction of sp³-hybridized carbons (Fsp3) is 0.625. The Kier molecular flexibility index (Phi) is 4.69. The van der Waals surface area contributed by atoms with E-state index in [0.29, 0.717) is 5.92 Å². The lowest BCUT2D eigenvalue weighted by Gasteiger charge is -2.45. The van der Waals surface area contributed by atoms with Gasteiger partial charge in [0.15, 0.2) is 0 Å². The molecule has 3 nitrogen and oxygen atoms in total. The van der Waals surface area contributed by atoms with Crippen molar-refractivity contribution in [1.29, 1.82) is 0 Å². The third-order valence-corrected chi connectivity index (χ3v) is 7.06. The van der Waals surface area contributed by atoms with E-state index < -0.39 is 8.56 Å². The van der Waals surface area contributed by atoms with E-state index in [2.05, 4.69) is 46.4 Å². The molecule has 1 unspecified atom stereocenters. The lowest BCUT2D eigenvalue weighted by Crippen LogP contribution is -2.60. The number of hydrogen-bond donors (Lipinski definition) is 0. The molecule has 0 spiro atoms. The molecule has 1 heterocycles. The summed E-state index contributed by atoms with van der Waals surface area (Å²) in [5, 5.41) is 1.18. The second kappa shape index (κ2) is 5.98. The molecule has 1 atom stereocenters. The first-order chi connectivity index (χ1) is 9.33. The lowest BCUT2D eigenvalue weighted by atomic mass is 9.90. The van der Waals surface area contributed by atoms with Crippen molar-refractivity contribution in [2.45, 2.75) is 45.9 Å². The summed E-state index contributed by atoms with van der Waals surface area (Å²) in [6, 6.07) is 10.3. The molecule has 0 amide bonds. The van der Waals surface area contributed by atoms with Gasteiger partial charge in [0.1, 0.15) is 0 Å². The Morgan fingerprint density at radius 1 is 1.20 bits per heavy atom. The average Bonchev–Trinajstić information content (AvgIpc) is 2.24. The first-order valence-electron chi connectivity index (χ1n) is 7.35. The van der Waals surface area contributed by atoms with E-state index in [4.69, 9.17) is 13.6 Å². The fourth-order valence-corrected chi connectivity index (χ4v) is 5.73. The fourth-order valence-electron chi connectivity index (χ4n) is 2.56. The van der Waals surface area contributed by atoms with Gasteiger partial charge in [0.2, 0.25) is 0 Å². The molecule has 112 valence electrons. The summed E-state index contributed by atoms with van der Waals surface area (Å²) in [5.41, 5.74) is -0.218. The van der Waals surface area contributed by atoms with Crippen molar-refractivity contribution in [2.75, 3.05) is 13.2 Å².